The first kappa shape index (κ1) is 26.3. The van der Waals surface area contributed by atoms with Crippen LogP contribution in [-0.4, -0.2) is 48.7 Å². The van der Waals surface area contributed by atoms with Crippen molar-refractivity contribution in [2.45, 2.75) is 43.8 Å². The van der Waals surface area contributed by atoms with Gasteiger partial charge in [-0.05, 0) is 55.3 Å². The van der Waals surface area contributed by atoms with Gasteiger partial charge in [-0.25, -0.2) is 4.79 Å². The minimum Gasteiger partial charge on any atom is -0.374 e. The number of amides is 2. The molecule has 0 saturated carbocycles. The zero-order chi connectivity index (χ0) is 26.0. The highest BCUT2D eigenvalue weighted by Gasteiger charge is 2.45. The van der Waals surface area contributed by atoms with Gasteiger partial charge in [-0.15, -0.1) is 0 Å². The van der Waals surface area contributed by atoms with Gasteiger partial charge in [0.15, 0.2) is 0 Å². The van der Waals surface area contributed by atoms with Crippen LogP contribution in [0.5, 0.6) is 0 Å². The van der Waals surface area contributed by atoms with Gasteiger partial charge >= 0.3 is 18.4 Å². The van der Waals surface area contributed by atoms with E-state index >= 15 is 0 Å². The first-order valence-corrected chi connectivity index (χ1v) is 11.7. The van der Waals surface area contributed by atoms with Crippen LogP contribution in [-0.2, 0) is 29.2 Å². The monoisotopic (exact) mass is 515 g/mol. The lowest BCUT2D eigenvalue weighted by Gasteiger charge is -2.32. The number of carbonyl (C=O) groups is 1. The van der Waals surface area contributed by atoms with Crippen molar-refractivity contribution in [2.24, 2.45) is 0 Å². The Bertz CT molecular complexity index is 1020. The summed E-state index contributed by atoms with van der Waals surface area (Å²) >= 11 is 0. The van der Waals surface area contributed by atoms with Crippen LogP contribution < -0.4 is 5.32 Å². The average molecular weight is 515 g/mol. The number of nitrogens with one attached hydrogen (secondary N) is 1. The molecule has 0 aliphatic carbocycles. The Morgan fingerprint density at radius 1 is 0.889 bits per heavy atom. The summed E-state index contributed by atoms with van der Waals surface area (Å²) in [6, 6.07) is 10.1. The Hall–Kier alpha value is -2.79. The third-order valence-electron chi connectivity index (χ3n) is 6.50. The minimum atomic E-state index is -4.93. The van der Waals surface area contributed by atoms with Crippen molar-refractivity contribution in [3.8, 4) is 0 Å². The highest BCUT2D eigenvalue weighted by molar-refractivity contribution is 5.78. The molecule has 5 nitrogen and oxygen atoms in total. The standard InChI is InChI=1S/C25H27F6N3O2/c26-24(27,28)20-11-18(12-21(13-20)25(29,30)31)14-36-16-23(19-7-3-1-4-8-19)15-34(22(35)32-23)17-33-9-5-2-6-10-33/h1,3-4,7-8,11-13H,2,5-6,9-10,14-17H2,(H,32,35). The molecule has 196 valence electrons. The van der Waals surface area contributed by atoms with Crippen molar-refractivity contribution < 1.29 is 35.9 Å². The van der Waals surface area contributed by atoms with Gasteiger partial charge in [-0.2, -0.15) is 26.3 Å². The second kappa shape index (κ2) is 10.3. The number of halogens is 6. The third kappa shape index (κ3) is 6.12. The van der Waals surface area contributed by atoms with E-state index in [1.807, 2.05) is 6.07 Å². The molecule has 0 spiro atoms. The second-order valence-corrected chi connectivity index (χ2v) is 9.30. The molecule has 0 radical (unpaired) electrons. The predicted molar refractivity (Wildman–Crippen MR) is 120 cm³/mol. The Balaban J connectivity index is 1.52. The molecule has 36 heavy (non-hydrogen) atoms. The molecule has 2 heterocycles. The van der Waals surface area contributed by atoms with E-state index in [4.69, 9.17) is 4.74 Å². The van der Waals surface area contributed by atoms with Gasteiger partial charge in [0, 0.05) is 0 Å². The van der Waals surface area contributed by atoms with Crippen molar-refractivity contribution in [3.63, 3.8) is 0 Å². The summed E-state index contributed by atoms with van der Waals surface area (Å²) in [5, 5.41) is 2.96. The van der Waals surface area contributed by atoms with Crippen molar-refractivity contribution >= 4 is 6.03 Å². The number of rotatable bonds is 7. The Morgan fingerprint density at radius 2 is 1.50 bits per heavy atom. The van der Waals surface area contributed by atoms with Crippen LogP contribution in [0.1, 0.15) is 41.5 Å². The largest absolute Gasteiger partial charge is 0.416 e. The van der Waals surface area contributed by atoms with Crippen LogP contribution in [0.25, 0.3) is 0 Å². The Kier molecular flexibility index (Phi) is 7.51. The summed E-state index contributed by atoms with van der Waals surface area (Å²) < 4.78 is 84.9. The summed E-state index contributed by atoms with van der Waals surface area (Å²) in [7, 11) is 0. The van der Waals surface area contributed by atoms with E-state index in [-0.39, 0.29) is 30.8 Å². The number of carbonyl (C=O) groups excluding carboxylic acids is 1. The van der Waals surface area contributed by atoms with Crippen LogP contribution in [0.3, 0.4) is 0 Å². The molecule has 2 saturated heterocycles. The molecule has 11 heteroatoms. The van der Waals surface area contributed by atoms with Crippen LogP contribution in [0, 0.1) is 0 Å². The van der Waals surface area contributed by atoms with E-state index in [9.17, 15) is 31.1 Å². The Morgan fingerprint density at radius 3 is 2.08 bits per heavy atom. The number of piperidine rings is 1. The maximum atomic E-state index is 13.2. The summed E-state index contributed by atoms with van der Waals surface area (Å²) in [5.74, 6) is 0. The molecule has 2 aromatic rings. The molecule has 2 fully saturated rings. The lowest BCUT2D eigenvalue weighted by molar-refractivity contribution is -0.143. The molecule has 1 unspecified atom stereocenters. The van der Waals surface area contributed by atoms with E-state index in [0.717, 1.165) is 37.9 Å². The van der Waals surface area contributed by atoms with Crippen LogP contribution >= 0.6 is 0 Å². The maximum Gasteiger partial charge on any atom is 0.416 e. The fourth-order valence-electron chi connectivity index (χ4n) is 4.71. The van der Waals surface area contributed by atoms with Gasteiger partial charge in [-0.1, -0.05) is 36.8 Å². The number of nitrogens with zero attached hydrogens (tertiary/aromatic N) is 2. The normalized spacial score (nSPS) is 21.6. The molecular weight excluding hydrogens is 488 g/mol. The number of benzene rings is 2. The number of alkyl halides is 6. The van der Waals surface area contributed by atoms with Crippen molar-refractivity contribution in [3.05, 3.63) is 70.8 Å². The number of likely N-dealkylation sites (tertiary alicyclic amines) is 1. The van der Waals surface area contributed by atoms with Gasteiger partial charge in [0.05, 0.1) is 37.6 Å². The van der Waals surface area contributed by atoms with E-state index in [1.165, 1.54) is 0 Å². The van der Waals surface area contributed by atoms with E-state index in [0.29, 0.717) is 18.8 Å². The van der Waals surface area contributed by atoms with Crippen LogP contribution in [0.4, 0.5) is 31.1 Å². The number of hydrogen-bond donors (Lipinski definition) is 1. The fraction of sp³-hybridized carbons (Fsp3) is 0.480. The first-order valence-electron chi connectivity index (χ1n) is 11.7. The highest BCUT2D eigenvalue weighted by Crippen LogP contribution is 2.37. The highest BCUT2D eigenvalue weighted by atomic mass is 19.4. The number of urea groups is 1. The zero-order valence-electron chi connectivity index (χ0n) is 19.5. The topological polar surface area (TPSA) is 44.8 Å². The average Bonchev–Trinajstić information content (AvgIpc) is 3.15. The number of ether oxygens (including phenoxy) is 1. The van der Waals surface area contributed by atoms with Gasteiger partial charge in [0.1, 0.15) is 5.54 Å². The molecular formula is C25H27F6N3O2. The predicted octanol–water partition coefficient (Wildman–Crippen LogP) is 5.60. The zero-order valence-corrected chi connectivity index (χ0v) is 19.5. The third-order valence-corrected chi connectivity index (χ3v) is 6.50. The maximum absolute atomic E-state index is 13.2. The molecule has 4 rings (SSSR count). The molecule has 2 aliphatic heterocycles. The van der Waals surface area contributed by atoms with Gasteiger partial charge in [0.25, 0.3) is 0 Å². The molecule has 1 N–H and O–H groups in total. The van der Waals surface area contributed by atoms with Gasteiger partial charge < -0.3 is 15.0 Å². The van der Waals surface area contributed by atoms with Crippen molar-refractivity contribution in [1.82, 2.24) is 15.1 Å². The minimum absolute atomic E-state index is 0.0879. The van der Waals surface area contributed by atoms with Gasteiger partial charge in [-0.3, -0.25) is 4.90 Å². The first-order chi connectivity index (χ1) is 17.0. The quantitative estimate of drug-likeness (QED) is 0.488. The smallest absolute Gasteiger partial charge is 0.374 e. The summed E-state index contributed by atoms with van der Waals surface area (Å²) in [4.78, 5) is 16.7. The lowest BCUT2D eigenvalue weighted by atomic mass is 9.91. The van der Waals surface area contributed by atoms with Crippen molar-refractivity contribution in [2.75, 3.05) is 32.9 Å². The molecule has 0 aromatic heterocycles. The SMILES string of the molecule is O=C1NC(COCc2cc(C(F)(F)F)cc(C(F)(F)F)c2)(c2ccccc2)CN1CN1CCCCC1. The van der Waals surface area contributed by atoms with Gasteiger partial charge in [0.2, 0.25) is 0 Å². The van der Waals surface area contributed by atoms with Crippen molar-refractivity contribution in [1.29, 1.82) is 0 Å². The van der Waals surface area contributed by atoms with Crippen LogP contribution in [0.2, 0.25) is 0 Å². The second-order valence-electron chi connectivity index (χ2n) is 9.30. The Labute approximate surface area is 205 Å². The molecule has 2 aromatic carbocycles. The summed E-state index contributed by atoms with van der Waals surface area (Å²) in [6.45, 7) is 1.84. The molecule has 0 bridgehead atoms. The fourth-order valence-corrected chi connectivity index (χ4v) is 4.71. The van der Waals surface area contributed by atoms with E-state index < -0.39 is 35.6 Å². The molecule has 2 amide bonds. The summed E-state index contributed by atoms with van der Waals surface area (Å²) in [6.07, 6.45) is -6.61. The molecule has 2 aliphatic rings. The van der Waals surface area contributed by atoms with E-state index in [2.05, 4.69) is 10.2 Å². The van der Waals surface area contributed by atoms with E-state index in [1.54, 1.807) is 29.2 Å². The van der Waals surface area contributed by atoms with Crippen LogP contribution in [0.15, 0.2) is 48.5 Å². The summed E-state index contributed by atoms with van der Waals surface area (Å²) in [5.41, 5.74) is -3.30. The molecule has 1 atom stereocenters. The lowest BCUT2D eigenvalue weighted by Crippen LogP contribution is -2.45. The number of hydrogen-bond acceptors (Lipinski definition) is 3.